The molecule has 0 spiro atoms. The summed E-state index contributed by atoms with van der Waals surface area (Å²) in [5, 5.41) is 9.59. The van der Waals surface area contributed by atoms with Gasteiger partial charge in [0.2, 0.25) is 0 Å². The molecule has 3 aromatic carbocycles. The highest BCUT2D eigenvalue weighted by Gasteiger charge is 2.31. The molecule has 0 aliphatic carbocycles. The van der Waals surface area contributed by atoms with E-state index in [0.717, 1.165) is 22.4 Å². The van der Waals surface area contributed by atoms with Gasteiger partial charge in [-0.2, -0.15) is 0 Å². The summed E-state index contributed by atoms with van der Waals surface area (Å²) < 4.78 is 5.98. The van der Waals surface area contributed by atoms with Crippen molar-refractivity contribution in [2.24, 2.45) is 0 Å². The lowest BCUT2D eigenvalue weighted by Gasteiger charge is -2.29. The van der Waals surface area contributed by atoms with E-state index < -0.39 is 5.97 Å². The summed E-state index contributed by atoms with van der Waals surface area (Å²) in [6.07, 6.45) is 0. The number of carboxylic acids is 1. The first-order valence-corrected chi connectivity index (χ1v) is 7.63. The Hall–Kier alpha value is -3.27. The van der Waals surface area contributed by atoms with E-state index in [4.69, 9.17) is 10.5 Å². The van der Waals surface area contributed by atoms with Gasteiger partial charge in [0.25, 0.3) is 0 Å². The second-order valence-electron chi connectivity index (χ2n) is 5.76. The van der Waals surface area contributed by atoms with Crippen molar-refractivity contribution in [3.05, 3.63) is 89.0 Å². The van der Waals surface area contributed by atoms with E-state index in [0.29, 0.717) is 17.0 Å². The van der Waals surface area contributed by atoms with Gasteiger partial charge in [-0.05, 0) is 23.8 Å². The van der Waals surface area contributed by atoms with Crippen molar-refractivity contribution in [1.29, 1.82) is 0 Å². The monoisotopic (exact) mass is 317 g/mol. The molecule has 0 saturated carbocycles. The van der Waals surface area contributed by atoms with Gasteiger partial charge >= 0.3 is 5.97 Å². The molecule has 118 valence electrons. The fourth-order valence-electron chi connectivity index (χ4n) is 3.25. The second kappa shape index (κ2) is 5.42. The average molecular weight is 317 g/mol. The predicted molar refractivity (Wildman–Crippen MR) is 91.7 cm³/mol. The van der Waals surface area contributed by atoms with Crippen LogP contribution < -0.4 is 10.5 Å². The maximum absolute atomic E-state index is 11.7. The minimum absolute atomic E-state index is 0.210. The molecule has 4 rings (SSSR count). The maximum atomic E-state index is 11.7. The Labute approximate surface area is 139 Å². The van der Waals surface area contributed by atoms with Gasteiger partial charge in [0.05, 0.1) is 5.56 Å². The average Bonchev–Trinajstić information content (AvgIpc) is 2.59. The van der Waals surface area contributed by atoms with Crippen LogP contribution >= 0.6 is 0 Å². The number of carbonyl (C=O) groups is 1. The van der Waals surface area contributed by atoms with Crippen LogP contribution in [0.2, 0.25) is 0 Å². The fraction of sp³-hybridized carbons (Fsp3) is 0.0500. The molecule has 0 saturated heterocycles. The lowest BCUT2D eigenvalue weighted by molar-refractivity contribution is 0.0695. The molecule has 4 heteroatoms. The van der Waals surface area contributed by atoms with Crippen LogP contribution in [0.5, 0.6) is 11.5 Å². The molecular formula is C20H15NO3. The Bertz CT molecular complexity index is 949. The van der Waals surface area contributed by atoms with Crippen LogP contribution in [0.25, 0.3) is 0 Å². The van der Waals surface area contributed by atoms with Crippen molar-refractivity contribution in [2.45, 2.75) is 5.92 Å². The van der Waals surface area contributed by atoms with Crippen molar-refractivity contribution in [3.63, 3.8) is 0 Å². The Balaban J connectivity index is 2.01. The van der Waals surface area contributed by atoms with Crippen LogP contribution in [0.3, 0.4) is 0 Å². The third-order valence-electron chi connectivity index (χ3n) is 4.30. The maximum Gasteiger partial charge on any atom is 0.335 e. The highest BCUT2D eigenvalue weighted by atomic mass is 16.5. The first-order chi connectivity index (χ1) is 11.6. The van der Waals surface area contributed by atoms with E-state index in [-0.39, 0.29) is 5.92 Å². The summed E-state index contributed by atoms with van der Waals surface area (Å²) in [4.78, 5) is 11.7. The van der Waals surface area contributed by atoms with E-state index in [9.17, 15) is 9.90 Å². The highest BCUT2D eigenvalue weighted by Crippen LogP contribution is 2.48. The Morgan fingerprint density at radius 3 is 2.33 bits per heavy atom. The number of nitrogen functional groups attached to an aromatic ring is 1. The van der Waals surface area contributed by atoms with E-state index >= 15 is 0 Å². The summed E-state index contributed by atoms with van der Waals surface area (Å²) in [5.74, 6) is 0.240. The quantitative estimate of drug-likeness (QED) is 0.542. The first-order valence-electron chi connectivity index (χ1n) is 7.63. The summed E-state index contributed by atoms with van der Waals surface area (Å²) in [6, 6.07) is 20.3. The van der Waals surface area contributed by atoms with Gasteiger partial charge in [0.15, 0.2) is 0 Å². The van der Waals surface area contributed by atoms with Gasteiger partial charge in [-0.15, -0.1) is 0 Å². The number of rotatable bonds is 2. The van der Waals surface area contributed by atoms with Crippen LogP contribution in [0.4, 0.5) is 5.69 Å². The molecule has 24 heavy (non-hydrogen) atoms. The predicted octanol–water partition coefficient (Wildman–Crippen LogP) is 4.25. The van der Waals surface area contributed by atoms with Crippen LogP contribution in [-0.4, -0.2) is 11.1 Å². The SMILES string of the molecule is Nc1ccc2c(c1)Oc1ccccc1C2c1ccccc1C(=O)O. The molecule has 3 aromatic rings. The molecule has 1 atom stereocenters. The summed E-state index contributed by atoms with van der Waals surface area (Å²) in [7, 11) is 0. The number of carboxylic acid groups (broad SMARTS) is 1. The number of para-hydroxylation sites is 1. The number of aromatic carboxylic acids is 1. The second-order valence-corrected chi connectivity index (χ2v) is 5.76. The molecule has 4 nitrogen and oxygen atoms in total. The van der Waals surface area contributed by atoms with Crippen molar-refractivity contribution in [2.75, 3.05) is 5.73 Å². The van der Waals surface area contributed by atoms with Crippen LogP contribution in [0.1, 0.15) is 33.0 Å². The Kier molecular flexibility index (Phi) is 3.24. The lowest BCUT2D eigenvalue weighted by atomic mass is 9.80. The molecule has 1 heterocycles. The zero-order chi connectivity index (χ0) is 16.7. The van der Waals surface area contributed by atoms with Crippen LogP contribution in [-0.2, 0) is 0 Å². The molecule has 0 radical (unpaired) electrons. The smallest absolute Gasteiger partial charge is 0.335 e. The number of benzene rings is 3. The third kappa shape index (κ3) is 2.20. The molecule has 3 N–H and O–H groups in total. The number of nitrogens with two attached hydrogens (primary N) is 1. The van der Waals surface area contributed by atoms with E-state index in [1.165, 1.54) is 0 Å². The van der Waals surface area contributed by atoms with Gasteiger partial charge < -0.3 is 15.6 Å². The molecular weight excluding hydrogens is 302 g/mol. The largest absolute Gasteiger partial charge is 0.478 e. The van der Waals surface area contributed by atoms with Crippen molar-refractivity contribution >= 4 is 11.7 Å². The number of anilines is 1. The molecule has 1 unspecified atom stereocenters. The molecule has 0 bridgehead atoms. The summed E-state index contributed by atoms with van der Waals surface area (Å²) in [5.41, 5.74) is 9.40. The zero-order valence-electron chi connectivity index (χ0n) is 12.8. The van der Waals surface area contributed by atoms with Crippen molar-refractivity contribution in [3.8, 4) is 11.5 Å². The first kappa shape index (κ1) is 14.3. The zero-order valence-corrected chi connectivity index (χ0v) is 12.8. The van der Waals surface area contributed by atoms with Gasteiger partial charge in [0, 0.05) is 28.8 Å². The Morgan fingerprint density at radius 2 is 1.54 bits per heavy atom. The van der Waals surface area contributed by atoms with E-state index in [2.05, 4.69) is 0 Å². The number of ether oxygens (including phenoxy) is 1. The lowest BCUT2D eigenvalue weighted by Crippen LogP contribution is -2.15. The molecule has 0 amide bonds. The normalized spacial score (nSPS) is 15.1. The standard InChI is InChI=1S/C20H15NO3/c21-12-9-10-16-18(11-12)24-17-8-4-3-7-15(17)19(16)13-5-1-2-6-14(13)20(22)23/h1-11,19H,21H2,(H,22,23). The number of fused-ring (bicyclic) bond motifs is 2. The Morgan fingerprint density at radius 1 is 0.875 bits per heavy atom. The van der Waals surface area contributed by atoms with Crippen LogP contribution in [0, 0.1) is 0 Å². The summed E-state index contributed by atoms with van der Waals surface area (Å²) >= 11 is 0. The molecule has 0 fully saturated rings. The van der Waals surface area contributed by atoms with Crippen molar-refractivity contribution < 1.29 is 14.6 Å². The minimum Gasteiger partial charge on any atom is -0.478 e. The molecule has 0 aromatic heterocycles. The van der Waals surface area contributed by atoms with Crippen LogP contribution in [0.15, 0.2) is 66.7 Å². The number of hydrogen-bond acceptors (Lipinski definition) is 3. The van der Waals surface area contributed by atoms with E-state index in [1.54, 1.807) is 18.2 Å². The van der Waals surface area contributed by atoms with Gasteiger partial charge in [0.1, 0.15) is 11.5 Å². The van der Waals surface area contributed by atoms with E-state index in [1.807, 2.05) is 48.5 Å². The molecule has 1 aliphatic rings. The minimum atomic E-state index is -0.938. The van der Waals surface area contributed by atoms with Gasteiger partial charge in [-0.25, -0.2) is 4.79 Å². The van der Waals surface area contributed by atoms with Crippen molar-refractivity contribution in [1.82, 2.24) is 0 Å². The molecule has 1 aliphatic heterocycles. The number of hydrogen-bond donors (Lipinski definition) is 2. The summed E-state index contributed by atoms with van der Waals surface area (Å²) in [6.45, 7) is 0. The topological polar surface area (TPSA) is 72.5 Å². The van der Waals surface area contributed by atoms with Gasteiger partial charge in [-0.1, -0.05) is 42.5 Å². The highest BCUT2D eigenvalue weighted by molar-refractivity contribution is 5.90. The van der Waals surface area contributed by atoms with Gasteiger partial charge in [-0.3, -0.25) is 0 Å². The third-order valence-corrected chi connectivity index (χ3v) is 4.30. The fourth-order valence-corrected chi connectivity index (χ4v) is 3.25.